The predicted octanol–water partition coefficient (Wildman–Crippen LogP) is 1.84. The van der Waals surface area contributed by atoms with Gasteiger partial charge in [-0.3, -0.25) is 10.1 Å². The van der Waals surface area contributed by atoms with Crippen molar-refractivity contribution in [1.82, 2.24) is 10.6 Å². The van der Waals surface area contributed by atoms with Crippen LogP contribution in [0.25, 0.3) is 6.08 Å². The summed E-state index contributed by atoms with van der Waals surface area (Å²) in [6.45, 7) is -3.74. The zero-order chi connectivity index (χ0) is 19.8. The molecule has 0 saturated heterocycles. The molecule has 0 aromatic heterocycles. The fourth-order valence-corrected chi connectivity index (χ4v) is 1.99. The highest BCUT2D eigenvalue weighted by atomic mass is 19.3. The minimum absolute atomic E-state index is 0.0619. The van der Waals surface area contributed by atoms with Crippen LogP contribution in [0.15, 0.2) is 24.3 Å². The van der Waals surface area contributed by atoms with Crippen LogP contribution in [0.5, 0.6) is 11.5 Å². The number of esters is 1. The maximum absolute atomic E-state index is 12.5. The first kappa shape index (κ1) is 20.1. The molecule has 8 nitrogen and oxygen atoms in total. The first-order chi connectivity index (χ1) is 12.9. The monoisotopic (exact) mass is 384 g/mol. The Morgan fingerprint density at radius 3 is 2.67 bits per heavy atom. The van der Waals surface area contributed by atoms with Crippen LogP contribution >= 0.6 is 0 Å². The number of rotatable bonds is 8. The van der Waals surface area contributed by atoms with E-state index in [1.807, 2.05) is 5.32 Å². The molecule has 10 heteroatoms. The number of para-hydroxylation sites is 1. The van der Waals surface area contributed by atoms with Crippen LogP contribution in [0, 0.1) is 0 Å². The number of benzene rings is 1. The highest BCUT2D eigenvalue weighted by Crippen LogP contribution is 2.33. The highest BCUT2D eigenvalue weighted by Gasteiger charge is 2.24. The Bertz CT molecular complexity index is 734. The van der Waals surface area contributed by atoms with Crippen LogP contribution in [0.3, 0.4) is 0 Å². The number of hydrogen-bond donors (Lipinski definition) is 2. The Labute approximate surface area is 153 Å². The van der Waals surface area contributed by atoms with Gasteiger partial charge in [-0.25, -0.2) is 9.59 Å². The molecule has 1 aromatic carbocycles. The molecule has 0 spiro atoms. The third-order valence-corrected chi connectivity index (χ3v) is 3.35. The molecule has 0 heterocycles. The van der Waals surface area contributed by atoms with Gasteiger partial charge < -0.3 is 19.5 Å². The number of methoxy groups -OCH3 is 1. The average Bonchev–Trinajstić information content (AvgIpc) is 3.42. The van der Waals surface area contributed by atoms with Gasteiger partial charge in [-0.1, -0.05) is 12.1 Å². The van der Waals surface area contributed by atoms with Gasteiger partial charge in [0, 0.05) is 17.7 Å². The van der Waals surface area contributed by atoms with E-state index < -0.39 is 31.1 Å². The maximum atomic E-state index is 12.5. The van der Waals surface area contributed by atoms with Crippen molar-refractivity contribution in [3.05, 3.63) is 29.8 Å². The molecule has 1 aromatic rings. The van der Waals surface area contributed by atoms with Gasteiger partial charge >= 0.3 is 18.6 Å². The quantitative estimate of drug-likeness (QED) is 0.524. The normalized spacial score (nSPS) is 13.3. The van der Waals surface area contributed by atoms with E-state index in [0.717, 1.165) is 18.9 Å². The number of ether oxygens (including phenoxy) is 3. The van der Waals surface area contributed by atoms with Crippen LogP contribution in [0.2, 0.25) is 0 Å². The van der Waals surface area contributed by atoms with Gasteiger partial charge in [0.15, 0.2) is 18.1 Å². The summed E-state index contributed by atoms with van der Waals surface area (Å²) >= 11 is 0. The molecule has 0 aliphatic heterocycles. The largest absolute Gasteiger partial charge is 0.493 e. The second kappa shape index (κ2) is 9.51. The lowest BCUT2D eigenvalue weighted by Gasteiger charge is -2.12. The summed E-state index contributed by atoms with van der Waals surface area (Å²) < 4.78 is 39.1. The van der Waals surface area contributed by atoms with Crippen molar-refractivity contribution < 1.29 is 37.4 Å². The third kappa shape index (κ3) is 6.92. The Morgan fingerprint density at radius 2 is 2.04 bits per heavy atom. The van der Waals surface area contributed by atoms with Crippen LogP contribution in [0.4, 0.5) is 13.6 Å². The van der Waals surface area contributed by atoms with E-state index in [4.69, 9.17) is 4.74 Å². The van der Waals surface area contributed by atoms with Crippen molar-refractivity contribution in [3.63, 3.8) is 0 Å². The lowest BCUT2D eigenvalue weighted by Crippen LogP contribution is -2.42. The van der Waals surface area contributed by atoms with E-state index in [1.165, 1.54) is 31.4 Å². The summed E-state index contributed by atoms with van der Waals surface area (Å²) in [5, 5.41) is 4.56. The topological polar surface area (TPSA) is 103 Å². The van der Waals surface area contributed by atoms with Gasteiger partial charge in [0.2, 0.25) is 0 Å². The standard InChI is InChI=1S/C17H18F2N2O6/c1-25-12-4-2-3-10(15(12)27-16(18)19)5-8-14(23)26-9-13(22)21-17(24)20-11-6-7-11/h2-5,8,11,16H,6-7,9H2,1H3,(H2,20,21,22,24)/b8-5+. The molecule has 2 rings (SSSR count). The zero-order valence-corrected chi connectivity index (χ0v) is 14.4. The van der Waals surface area contributed by atoms with Crippen molar-refractivity contribution in [2.75, 3.05) is 13.7 Å². The summed E-state index contributed by atoms with van der Waals surface area (Å²) in [6, 6.07) is 3.80. The fraction of sp³-hybridized carbons (Fsp3) is 0.353. The van der Waals surface area contributed by atoms with Crippen molar-refractivity contribution in [2.24, 2.45) is 0 Å². The molecule has 0 atom stereocenters. The van der Waals surface area contributed by atoms with E-state index in [-0.39, 0.29) is 23.1 Å². The predicted molar refractivity (Wildman–Crippen MR) is 89.3 cm³/mol. The minimum Gasteiger partial charge on any atom is -0.493 e. The van der Waals surface area contributed by atoms with Gasteiger partial charge in [0.05, 0.1) is 7.11 Å². The van der Waals surface area contributed by atoms with E-state index in [0.29, 0.717) is 0 Å². The number of urea groups is 1. The number of nitrogens with one attached hydrogen (secondary N) is 2. The lowest BCUT2D eigenvalue weighted by molar-refractivity contribution is -0.143. The van der Waals surface area contributed by atoms with Crippen molar-refractivity contribution >= 4 is 24.0 Å². The summed E-state index contributed by atoms with van der Waals surface area (Å²) in [7, 11) is 1.29. The Hall–Kier alpha value is -3.17. The number of carbonyl (C=O) groups excluding carboxylic acids is 3. The number of amides is 3. The summed E-state index contributed by atoms with van der Waals surface area (Å²) in [5.41, 5.74) is 0.153. The second-order valence-corrected chi connectivity index (χ2v) is 5.49. The molecular weight excluding hydrogens is 366 g/mol. The van der Waals surface area contributed by atoms with Crippen LogP contribution in [-0.2, 0) is 14.3 Å². The van der Waals surface area contributed by atoms with E-state index in [2.05, 4.69) is 14.8 Å². The molecule has 0 radical (unpaired) electrons. The number of hydrogen-bond acceptors (Lipinski definition) is 6. The molecule has 0 unspecified atom stereocenters. The summed E-state index contributed by atoms with van der Waals surface area (Å²) in [4.78, 5) is 34.5. The average molecular weight is 384 g/mol. The SMILES string of the molecule is COc1cccc(/C=C/C(=O)OCC(=O)NC(=O)NC2CC2)c1OC(F)F. The Kier molecular flexibility index (Phi) is 7.09. The number of imide groups is 1. The Morgan fingerprint density at radius 1 is 1.30 bits per heavy atom. The third-order valence-electron chi connectivity index (χ3n) is 3.35. The lowest BCUT2D eigenvalue weighted by atomic mass is 10.1. The minimum atomic E-state index is -3.08. The molecule has 27 heavy (non-hydrogen) atoms. The van der Waals surface area contributed by atoms with E-state index in [1.54, 1.807) is 0 Å². The molecule has 3 amide bonds. The molecule has 0 bridgehead atoms. The van der Waals surface area contributed by atoms with Crippen LogP contribution in [0.1, 0.15) is 18.4 Å². The van der Waals surface area contributed by atoms with Gasteiger partial charge in [-0.2, -0.15) is 8.78 Å². The second-order valence-electron chi connectivity index (χ2n) is 5.49. The Balaban J connectivity index is 1.88. The van der Waals surface area contributed by atoms with Crippen molar-refractivity contribution in [3.8, 4) is 11.5 Å². The highest BCUT2D eigenvalue weighted by molar-refractivity contribution is 5.96. The van der Waals surface area contributed by atoms with Crippen LogP contribution < -0.4 is 20.1 Å². The molecule has 2 N–H and O–H groups in total. The fourth-order valence-electron chi connectivity index (χ4n) is 1.99. The summed E-state index contributed by atoms with van der Waals surface area (Å²) in [5.74, 6) is -1.88. The van der Waals surface area contributed by atoms with Gasteiger partial charge in [-0.05, 0) is 25.0 Å². The van der Waals surface area contributed by atoms with Crippen LogP contribution in [-0.4, -0.2) is 44.3 Å². The molecule has 1 saturated carbocycles. The van der Waals surface area contributed by atoms with E-state index >= 15 is 0 Å². The molecule has 146 valence electrons. The van der Waals surface area contributed by atoms with Crippen molar-refractivity contribution in [2.45, 2.75) is 25.5 Å². The molecular formula is C17H18F2N2O6. The molecule has 1 aliphatic rings. The van der Waals surface area contributed by atoms with Crippen molar-refractivity contribution in [1.29, 1.82) is 0 Å². The number of alkyl halides is 2. The maximum Gasteiger partial charge on any atom is 0.387 e. The first-order valence-corrected chi connectivity index (χ1v) is 7.96. The molecule has 1 aliphatic carbocycles. The smallest absolute Gasteiger partial charge is 0.387 e. The summed E-state index contributed by atoms with van der Waals surface area (Å²) in [6.07, 6.45) is 3.84. The first-order valence-electron chi connectivity index (χ1n) is 7.96. The van der Waals surface area contributed by atoms with Gasteiger partial charge in [-0.15, -0.1) is 0 Å². The zero-order valence-electron chi connectivity index (χ0n) is 14.4. The number of halogens is 2. The van der Waals surface area contributed by atoms with E-state index in [9.17, 15) is 23.2 Å². The molecule has 1 fully saturated rings. The van der Waals surface area contributed by atoms with Gasteiger partial charge in [0.1, 0.15) is 0 Å². The number of carbonyl (C=O) groups is 3. The van der Waals surface area contributed by atoms with Gasteiger partial charge in [0.25, 0.3) is 5.91 Å².